The van der Waals surface area contributed by atoms with E-state index in [0.717, 1.165) is 11.8 Å². The number of amides is 1. The van der Waals surface area contributed by atoms with Crippen LogP contribution in [0.4, 0.5) is 19.0 Å². The number of aromatic amines is 1. The van der Waals surface area contributed by atoms with Crippen LogP contribution in [-0.2, 0) is 4.79 Å². The van der Waals surface area contributed by atoms with Crippen molar-refractivity contribution in [2.75, 3.05) is 11.4 Å². The number of nitrogens with zero attached hydrogens (tertiary/aromatic N) is 4. The molecule has 156 valence electrons. The average Bonchev–Trinajstić information content (AvgIpc) is 3.17. The zero-order valence-electron chi connectivity index (χ0n) is 15.4. The molecule has 1 amide bonds. The molecule has 2 aliphatic rings. The second kappa shape index (κ2) is 6.83. The lowest BCUT2D eigenvalue weighted by atomic mass is 10.1. The van der Waals surface area contributed by atoms with Crippen LogP contribution in [0.25, 0.3) is 22.4 Å². The highest BCUT2D eigenvalue weighted by Crippen LogP contribution is 2.49. The van der Waals surface area contributed by atoms with Gasteiger partial charge in [-0.2, -0.15) is 13.2 Å². The normalized spacial score (nSPS) is 22.9. The number of rotatable bonds is 4. The topological polar surface area (TPSA) is 86.8 Å². The van der Waals surface area contributed by atoms with Gasteiger partial charge in [-0.05, 0) is 30.9 Å². The molecule has 0 radical (unpaired) electrons. The molecule has 1 saturated carbocycles. The Morgan fingerprint density at radius 3 is 2.97 bits per heavy atom. The van der Waals surface area contributed by atoms with Crippen molar-refractivity contribution < 1.29 is 18.0 Å². The number of hydrogen-bond donors (Lipinski definition) is 2. The molecule has 0 bridgehead atoms. The van der Waals surface area contributed by atoms with Crippen LogP contribution in [0.1, 0.15) is 12.8 Å². The predicted molar refractivity (Wildman–Crippen MR) is 104 cm³/mol. The van der Waals surface area contributed by atoms with Crippen molar-refractivity contribution in [1.82, 2.24) is 25.3 Å². The highest BCUT2D eigenvalue weighted by atomic mass is 35.5. The van der Waals surface area contributed by atoms with Gasteiger partial charge in [0.2, 0.25) is 5.91 Å². The summed E-state index contributed by atoms with van der Waals surface area (Å²) in [7, 11) is 0. The maximum atomic E-state index is 12.5. The Kier molecular flexibility index (Phi) is 4.35. The number of hydrogen-bond acceptors (Lipinski definition) is 5. The molecule has 7 nitrogen and oxygen atoms in total. The van der Waals surface area contributed by atoms with Gasteiger partial charge in [-0.15, -0.1) is 0 Å². The molecule has 2 N–H and O–H groups in total. The fraction of sp³-hybridized carbons (Fsp3) is 0.368. The summed E-state index contributed by atoms with van der Waals surface area (Å²) >= 11 is 6.06. The van der Waals surface area contributed by atoms with Crippen LogP contribution < -0.4 is 10.2 Å². The third kappa shape index (κ3) is 3.45. The molecule has 1 aliphatic carbocycles. The SMILES string of the molecule is O=C(NCC(F)(F)F)[C@H]1C[C@H]2C[C@H]2N1c1ccnc(-c2c[nH]c3ncc(Cl)cc23)n1. The molecule has 1 aliphatic heterocycles. The quantitative estimate of drug-likeness (QED) is 0.655. The Bertz CT molecular complexity index is 1130. The van der Waals surface area contributed by atoms with Crippen molar-refractivity contribution >= 4 is 34.4 Å². The Labute approximate surface area is 173 Å². The van der Waals surface area contributed by atoms with E-state index in [0.29, 0.717) is 40.2 Å². The van der Waals surface area contributed by atoms with Crippen molar-refractivity contribution in [1.29, 1.82) is 0 Å². The summed E-state index contributed by atoms with van der Waals surface area (Å²) in [5.74, 6) is 0.590. The number of H-pyrrole nitrogens is 1. The maximum absolute atomic E-state index is 12.5. The van der Waals surface area contributed by atoms with E-state index in [1.54, 1.807) is 24.5 Å². The molecule has 30 heavy (non-hydrogen) atoms. The van der Waals surface area contributed by atoms with Crippen molar-refractivity contribution in [2.24, 2.45) is 5.92 Å². The number of carbonyl (C=O) groups is 1. The average molecular weight is 437 g/mol. The first-order valence-corrected chi connectivity index (χ1v) is 9.77. The minimum atomic E-state index is -4.45. The molecule has 11 heteroatoms. The van der Waals surface area contributed by atoms with Crippen LogP contribution in [0.3, 0.4) is 0 Å². The van der Waals surface area contributed by atoms with Gasteiger partial charge < -0.3 is 15.2 Å². The van der Waals surface area contributed by atoms with Gasteiger partial charge in [-0.3, -0.25) is 4.79 Å². The van der Waals surface area contributed by atoms with Gasteiger partial charge in [-0.25, -0.2) is 15.0 Å². The molecule has 3 aromatic heterocycles. The fourth-order valence-corrected chi connectivity index (χ4v) is 4.27. The highest BCUT2D eigenvalue weighted by molar-refractivity contribution is 6.31. The number of carbonyl (C=O) groups excluding carboxylic acids is 1. The molecule has 0 unspecified atom stereocenters. The second-order valence-electron chi connectivity index (χ2n) is 7.55. The lowest BCUT2D eigenvalue weighted by Gasteiger charge is -2.28. The number of alkyl halides is 3. The first kappa shape index (κ1) is 19.1. The molecule has 3 aromatic rings. The summed E-state index contributed by atoms with van der Waals surface area (Å²) in [6.45, 7) is -1.34. The second-order valence-corrected chi connectivity index (χ2v) is 7.98. The third-order valence-electron chi connectivity index (χ3n) is 5.51. The summed E-state index contributed by atoms with van der Waals surface area (Å²) in [5, 5.41) is 3.23. The number of nitrogens with one attached hydrogen (secondary N) is 2. The van der Waals surface area contributed by atoms with Gasteiger partial charge in [0, 0.05) is 35.6 Å². The zero-order chi connectivity index (χ0) is 21.0. The molecular weight excluding hydrogens is 421 g/mol. The summed E-state index contributed by atoms with van der Waals surface area (Å²) < 4.78 is 37.5. The van der Waals surface area contributed by atoms with Gasteiger partial charge in [0.15, 0.2) is 5.82 Å². The first-order chi connectivity index (χ1) is 14.3. The number of aromatic nitrogens is 4. The van der Waals surface area contributed by atoms with Crippen LogP contribution >= 0.6 is 11.6 Å². The van der Waals surface area contributed by atoms with Gasteiger partial charge in [0.1, 0.15) is 24.1 Å². The van der Waals surface area contributed by atoms with Crippen molar-refractivity contribution in [3.8, 4) is 11.4 Å². The van der Waals surface area contributed by atoms with Gasteiger partial charge in [0.05, 0.1) is 5.02 Å². The summed E-state index contributed by atoms with van der Waals surface area (Å²) in [6, 6.07) is 2.85. The Hall–Kier alpha value is -2.88. The van der Waals surface area contributed by atoms with Crippen LogP contribution in [0, 0.1) is 5.92 Å². The number of fused-ring (bicyclic) bond motifs is 2. The molecule has 0 aromatic carbocycles. The predicted octanol–water partition coefficient (Wildman–Crippen LogP) is 3.32. The summed E-state index contributed by atoms with van der Waals surface area (Å²) in [6.07, 6.45) is 1.80. The lowest BCUT2D eigenvalue weighted by molar-refractivity contribution is -0.139. The Balaban J connectivity index is 1.45. The number of pyridine rings is 1. The van der Waals surface area contributed by atoms with Gasteiger partial charge >= 0.3 is 6.18 Å². The molecule has 5 rings (SSSR count). The van der Waals surface area contributed by atoms with Crippen LogP contribution in [0.15, 0.2) is 30.7 Å². The number of piperidine rings is 1. The van der Waals surface area contributed by atoms with E-state index in [9.17, 15) is 18.0 Å². The van der Waals surface area contributed by atoms with Crippen molar-refractivity contribution in [2.45, 2.75) is 31.1 Å². The van der Waals surface area contributed by atoms with Gasteiger partial charge in [-0.1, -0.05) is 11.6 Å². The van der Waals surface area contributed by atoms with E-state index in [2.05, 4.69) is 19.9 Å². The van der Waals surface area contributed by atoms with E-state index in [-0.39, 0.29) is 6.04 Å². The van der Waals surface area contributed by atoms with Crippen LogP contribution in [0.2, 0.25) is 5.02 Å². The molecule has 0 spiro atoms. The number of anilines is 1. The van der Waals surface area contributed by atoms with Crippen molar-refractivity contribution in [3.05, 3.63) is 35.7 Å². The van der Waals surface area contributed by atoms with E-state index >= 15 is 0 Å². The largest absolute Gasteiger partial charge is 0.405 e. The molecule has 4 heterocycles. The number of halogens is 4. The summed E-state index contributed by atoms with van der Waals surface area (Å²) in [5.41, 5.74) is 1.34. The van der Waals surface area contributed by atoms with Gasteiger partial charge in [0.25, 0.3) is 0 Å². The fourth-order valence-electron chi connectivity index (χ4n) is 4.11. The Morgan fingerprint density at radius 1 is 1.33 bits per heavy atom. The lowest BCUT2D eigenvalue weighted by Crippen LogP contribution is -2.48. The smallest absolute Gasteiger partial charge is 0.345 e. The van der Waals surface area contributed by atoms with Crippen molar-refractivity contribution in [3.63, 3.8) is 0 Å². The van der Waals surface area contributed by atoms with E-state index in [1.165, 1.54) is 6.20 Å². The standard InChI is InChI=1S/C19H16ClF3N6O/c20-10-5-11-12(7-26-16(11)25-6-10)17-24-2-1-15(28-17)29-13-3-9(13)4-14(29)18(30)27-8-19(21,22)23/h1-2,5-7,9,13-14H,3-4,8H2,(H,25,26)(H,27,30)/t9-,13-,14-/m1/s1. The summed E-state index contributed by atoms with van der Waals surface area (Å²) in [4.78, 5) is 30.5. The third-order valence-corrected chi connectivity index (χ3v) is 5.72. The van der Waals surface area contributed by atoms with E-state index in [4.69, 9.17) is 11.6 Å². The molecule has 1 saturated heterocycles. The first-order valence-electron chi connectivity index (χ1n) is 9.39. The Morgan fingerprint density at radius 2 is 2.17 bits per heavy atom. The van der Waals surface area contributed by atoms with E-state index in [1.807, 2.05) is 10.2 Å². The minimum absolute atomic E-state index is 0.105. The van der Waals surface area contributed by atoms with Crippen LogP contribution in [0.5, 0.6) is 0 Å². The highest BCUT2D eigenvalue weighted by Gasteiger charge is 2.55. The minimum Gasteiger partial charge on any atom is -0.345 e. The monoisotopic (exact) mass is 436 g/mol. The molecule has 3 atom stereocenters. The maximum Gasteiger partial charge on any atom is 0.405 e. The van der Waals surface area contributed by atoms with E-state index < -0.39 is 24.7 Å². The molecular formula is C19H16ClF3N6O. The van der Waals surface area contributed by atoms with Crippen LogP contribution in [-0.4, -0.2) is 50.6 Å². The molecule has 2 fully saturated rings. The zero-order valence-corrected chi connectivity index (χ0v) is 16.2.